The number of benzene rings is 2. The number of hydrogen-bond donors (Lipinski definition) is 0. The number of carbonyl (C=O) groups excluding carboxylic acids is 1. The van der Waals surface area contributed by atoms with Gasteiger partial charge in [-0.25, -0.2) is 0 Å². The molecule has 2 aromatic carbocycles. The zero-order valence-electron chi connectivity index (χ0n) is 20.3. The zero-order valence-corrected chi connectivity index (χ0v) is 21.1. The Kier molecular flexibility index (Phi) is 6.37. The summed E-state index contributed by atoms with van der Waals surface area (Å²) in [5.41, 5.74) is 4.16. The van der Waals surface area contributed by atoms with Gasteiger partial charge in [-0.3, -0.25) is 9.48 Å². The number of rotatable bonds is 6. The lowest BCUT2D eigenvalue weighted by Gasteiger charge is -2.21. The van der Waals surface area contributed by atoms with E-state index in [-0.39, 0.29) is 12.0 Å². The number of carbonyl (C=O) groups is 1. The third-order valence-corrected chi connectivity index (χ3v) is 7.72. The summed E-state index contributed by atoms with van der Waals surface area (Å²) >= 11 is 1.74. The number of amides is 1. The van der Waals surface area contributed by atoms with Gasteiger partial charge >= 0.3 is 0 Å². The first-order valence-electron chi connectivity index (χ1n) is 12.4. The van der Waals surface area contributed by atoms with Crippen molar-refractivity contribution in [1.29, 1.82) is 0 Å². The minimum absolute atomic E-state index is 0.00526. The van der Waals surface area contributed by atoms with Crippen LogP contribution in [-0.2, 0) is 22.6 Å². The summed E-state index contributed by atoms with van der Waals surface area (Å²) in [6.45, 7) is 5.26. The van der Waals surface area contributed by atoms with E-state index in [1.807, 2.05) is 28.8 Å². The lowest BCUT2D eigenvalue weighted by molar-refractivity contribution is -0.132. The van der Waals surface area contributed by atoms with Crippen molar-refractivity contribution in [3.8, 4) is 22.6 Å². The van der Waals surface area contributed by atoms with Gasteiger partial charge in [0, 0.05) is 53.3 Å². The van der Waals surface area contributed by atoms with Crippen molar-refractivity contribution in [2.45, 2.75) is 39.0 Å². The Balaban J connectivity index is 1.32. The SMILES string of the molecule is Cc1ccn(CCC(=O)N2CCOc3c(cc(-c4csc5ccccc45)cc3OC3CCOC3)C2)n1. The maximum atomic E-state index is 13.2. The molecule has 186 valence electrons. The van der Waals surface area contributed by atoms with Crippen molar-refractivity contribution in [2.75, 3.05) is 26.4 Å². The fraction of sp³-hybridized carbons (Fsp3) is 0.357. The third-order valence-electron chi connectivity index (χ3n) is 6.76. The van der Waals surface area contributed by atoms with E-state index < -0.39 is 0 Å². The molecule has 7 nitrogen and oxygen atoms in total. The Morgan fingerprint density at radius 1 is 1.22 bits per heavy atom. The molecule has 0 aliphatic carbocycles. The minimum Gasteiger partial charge on any atom is -0.487 e. The molecule has 1 saturated heterocycles. The molecule has 1 fully saturated rings. The summed E-state index contributed by atoms with van der Waals surface area (Å²) in [6.07, 6.45) is 3.18. The Bertz CT molecular complexity index is 1390. The van der Waals surface area contributed by atoms with E-state index in [2.05, 4.69) is 46.9 Å². The van der Waals surface area contributed by atoms with Gasteiger partial charge in [0.1, 0.15) is 12.7 Å². The third kappa shape index (κ3) is 4.70. The van der Waals surface area contributed by atoms with Crippen LogP contribution in [0.2, 0.25) is 0 Å². The molecule has 4 aromatic rings. The monoisotopic (exact) mass is 503 g/mol. The van der Waals surface area contributed by atoms with Gasteiger partial charge in [0.05, 0.1) is 25.5 Å². The average molecular weight is 504 g/mol. The van der Waals surface area contributed by atoms with Gasteiger partial charge in [-0.2, -0.15) is 5.10 Å². The van der Waals surface area contributed by atoms with Crippen LogP contribution in [0.5, 0.6) is 11.5 Å². The molecule has 1 atom stereocenters. The lowest BCUT2D eigenvalue weighted by Crippen LogP contribution is -2.33. The Morgan fingerprint density at radius 2 is 2.14 bits per heavy atom. The topological polar surface area (TPSA) is 65.8 Å². The summed E-state index contributed by atoms with van der Waals surface area (Å²) in [7, 11) is 0. The molecule has 4 heterocycles. The highest BCUT2D eigenvalue weighted by molar-refractivity contribution is 7.17. The standard InChI is InChI=1S/C28H29N3O4S/c1-19-6-9-31(29-19)10-7-27(32)30-11-13-34-28-21(16-30)14-20(15-25(28)35-22-8-12-33-17-22)24-18-36-26-5-3-2-4-23(24)26/h2-6,9,14-15,18,22H,7-8,10-13,16-17H2,1H3. The second-order valence-corrected chi connectivity index (χ2v) is 10.3. The molecular weight excluding hydrogens is 474 g/mol. The number of ether oxygens (including phenoxy) is 3. The molecule has 0 radical (unpaired) electrons. The van der Waals surface area contributed by atoms with Crippen LogP contribution in [0.1, 0.15) is 24.1 Å². The molecule has 8 heteroatoms. The van der Waals surface area contributed by atoms with Crippen LogP contribution in [0.25, 0.3) is 21.2 Å². The summed E-state index contributed by atoms with van der Waals surface area (Å²) in [4.78, 5) is 15.1. The van der Waals surface area contributed by atoms with E-state index in [0.717, 1.165) is 34.7 Å². The maximum Gasteiger partial charge on any atom is 0.224 e. The zero-order chi connectivity index (χ0) is 24.5. The predicted octanol–water partition coefficient (Wildman–Crippen LogP) is 5.05. The molecular formula is C28H29N3O4S. The van der Waals surface area contributed by atoms with Crippen molar-refractivity contribution >= 4 is 27.3 Å². The van der Waals surface area contributed by atoms with Gasteiger partial charge in [-0.15, -0.1) is 11.3 Å². The first-order valence-corrected chi connectivity index (χ1v) is 13.3. The van der Waals surface area contributed by atoms with Gasteiger partial charge in [0.2, 0.25) is 5.91 Å². The minimum atomic E-state index is 0.00526. The fourth-order valence-electron chi connectivity index (χ4n) is 4.88. The van der Waals surface area contributed by atoms with Crippen LogP contribution in [-0.4, -0.2) is 53.1 Å². The van der Waals surface area contributed by atoms with E-state index in [1.165, 1.54) is 15.6 Å². The number of aromatic nitrogens is 2. The van der Waals surface area contributed by atoms with Crippen molar-refractivity contribution in [1.82, 2.24) is 14.7 Å². The Morgan fingerprint density at radius 3 is 2.97 bits per heavy atom. The highest BCUT2D eigenvalue weighted by Crippen LogP contribution is 2.42. The van der Waals surface area contributed by atoms with Crippen molar-refractivity contribution in [3.05, 3.63) is 65.3 Å². The summed E-state index contributed by atoms with van der Waals surface area (Å²) < 4.78 is 21.3. The average Bonchev–Trinajstić information content (AvgIpc) is 3.61. The molecule has 36 heavy (non-hydrogen) atoms. The van der Waals surface area contributed by atoms with Crippen molar-refractivity contribution in [2.24, 2.45) is 0 Å². The predicted molar refractivity (Wildman–Crippen MR) is 140 cm³/mol. The molecule has 0 saturated carbocycles. The molecule has 0 bridgehead atoms. The Hall–Kier alpha value is -3.36. The second-order valence-electron chi connectivity index (χ2n) is 9.35. The van der Waals surface area contributed by atoms with E-state index >= 15 is 0 Å². The fourth-order valence-corrected chi connectivity index (χ4v) is 5.85. The molecule has 0 spiro atoms. The van der Waals surface area contributed by atoms with E-state index in [9.17, 15) is 4.79 Å². The molecule has 2 aliphatic heterocycles. The molecule has 1 unspecified atom stereocenters. The summed E-state index contributed by atoms with van der Waals surface area (Å²) in [5.74, 6) is 1.57. The van der Waals surface area contributed by atoms with E-state index in [0.29, 0.717) is 45.9 Å². The quantitative estimate of drug-likeness (QED) is 0.368. The number of hydrogen-bond acceptors (Lipinski definition) is 6. The first-order chi connectivity index (χ1) is 17.6. The van der Waals surface area contributed by atoms with Crippen molar-refractivity contribution in [3.63, 3.8) is 0 Å². The number of aryl methyl sites for hydroxylation is 2. The Labute approximate surface area is 214 Å². The van der Waals surface area contributed by atoms with Crippen LogP contribution in [0, 0.1) is 6.92 Å². The van der Waals surface area contributed by atoms with Gasteiger partial charge in [0.15, 0.2) is 11.5 Å². The highest BCUT2D eigenvalue weighted by atomic mass is 32.1. The van der Waals surface area contributed by atoms with Crippen LogP contribution in [0.15, 0.2) is 54.0 Å². The number of fused-ring (bicyclic) bond motifs is 2. The van der Waals surface area contributed by atoms with Crippen LogP contribution in [0.4, 0.5) is 0 Å². The van der Waals surface area contributed by atoms with Crippen LogP contribution in [0.3, 0.4) is 0 Å². The van der Waals surface area contributed by atoms with Crippen LogP contribution < -0.4 is 9.47 Å². The normalized spacial score (nSPS) is 17.6. The van der Waals surface area contributed by atoms with Gasteiger partial charge in [-0.05, 0) is 42.1 Å². The number of thiophene rings is 1. The van der Waals surface area contributed by atoms with Gasteiger partial charge in [-0.1, -0.05) is 18.2 Å². The molecule has 6 rings (SSSR count). The summed E-state index contributed by atoms with van der Waals surface area (Å²) in [5, 5.41) is 7.82. The first kappa shape index (κ1) is 23.1. The molecule has 1 amide bonds. The van der Waals surface area contributed by atoms with Gasteiger partial charge < -0.3 is 19.1 Å². The molecule has 2 aromatic heterocycles. The molecule has 2 aliphatic rings. The lowest BCUT2D eigenvalue weighted by atomic mass is 10.0. The van der Waals surface area contributed by atoms with E-state index in [4.69, 9.17) is 14.2 Å². The summed E-state index contributed by atoms with van der Waals surface area (Å²) in [6, 6.07) is 14.6. The second kappa shape index (κ2) is 9.95. The smallest absolute Gasteiger partial charge is 0.224 e. The van der Waals surface area contributed by atoms with E-state index in [1.54, 1.807) is 11.3 Å². The van der Waals surface area contributed by atoms with Crippen molar-refractivity contribution < 1.29 is 19.0 Å². The highest BCUT2D eigenvalue weighted by Gasteiger charge is 2.26. The van der Waals surface area contributed by atoms with Gasteiger partial charge in [0.25, 0.3) is 0 Å². The molecule has 0 N–H and O–H groups in total. The maximum absolute atomic E-state index is 13.2. The largest absolute Gasteiger partial charge is 0.487 e. The van der Waals surface area contributed by atoms with Crippen LogP contribution >= 0.6 is 11.3 Å². The number of nitrogens with zero attached hydrogens (tertiary/aromatic N) is 3.